The van der Waals surface area contributed by atoms with Crippen LogP contribution in [-0.4, -0.2) is 42.5 Å². The van der Waals surface area contributed by atoms with Gasteiger partial charge < -0.3 is 21.1 Å². The molecular formula is C13H17N3O3. The molecule has 1 aliphatic rings. The van der Waals surface area contributed by atoms with Crippen LogP contribution in [0.5, 0.6) is 0 Å². The van der Waals surface area contributed by atoms with Gasteiger partial charge in [0.1, 0.15) is 12.1 Å². The SMILES string of the molecule is NC(=O)C1COCCN1C(=O)C(N)c1ccccc1. The largest absolute Gasteiger partial charge is 0.377 e. The van der Waals surface area contributed by atoms with Gasteiger partial charge in [-0.1, -0.05) is 30.3 Å². The van der Waals surface area contributed by atoms with E-state index in [-0.39, 0.29) is 12.5 Å². The molecule has 6 heteroatoms. The van der Waals surface area contributed by atoms with Crippen LogP contribution in [0.25, 0.3) is 0 Å². The van der Waals surface area contributed by atoms with Gasteiger partial charge in [-0.25, -0.2) is 0 Å². The fraction of sp³-hybridized carbons (Fsp3) is 0.385. The van der Waals surface area contributed by atoms with Gasteiger partial charge in [0.05, 0.1) is 13.2 Å². The first-order valence-electron chi connectivity index (χ1n) is 6.09. The molecule has 2 amide bonds. The zero-order chi connectivity index (χ0) is 13.8. The van der Waals surface area contributed by atoms with E-state index in [0.717, 1.165) is 0 Å². The predicted octanol–water partition coefficient (Wildman–Crippen LogP) is -0.601. The molecule has 0 spiro atoms. The summed E-state index contributed by atoms with van der Waals surface area (Å²) >= 11 is 0. The topological polar surface area (TPSA) is 98.7 Å². The molecule has 0 aliphatic carbocycles. The van der Waals surface area contributed by atoms with Crippen molar-refractivity contribution in [2.75, 3.05) is 19.8 Å². The van der Waals surface area contributed by atoms with Crippen LogP contribution in [0.4, 0.5) is 0 Å². The van der Waals surface area contributed by atoms with Crippen molar-refractivity contribution < 1.29 is 14.3 Å². The molecule has 1 saturated heterocycles. The lowest BCUT2D eigenvalue weighted by Gasteiger charge is -2.35. The summed E-state index contributed by atoms with van der Waals surface area (Å²) in [5.74, 6) is -0.883. The number of hydrogen-bond acceptors (Lipinski definition) is 4. The Balaban J connectivity index is 2.15. The number of nitrogens with two attached hydrogens (primary N) is 2. The minimum absolute atomic E-state index is 0.128. The second kappa shape index (κ2) is 5.81. The lowest BCUT2D eigenvalue weighted by molar-refractivity contribution is -0.148. The third-order valence-electron chi connectivity index (χ3n) is 3.16. The second-order valence-electron chi connectivity index (χ2n) is 4.41. The van der Waals surface area contributed by atoms with Crippen LogP contribution in [0, 0.1) is 0 Å². The molecule has 1 heterocycles. The average molecular weight is 263 g/mol. The van der Waals surface area contributed by atoms with Crippen LogP contribution in [0.1, 0.15) is 11.6 Å². The van der Waals surface area contributed by atoms with Gasteiger partial charge in [-0.3, -0.25) is 9.59 Å². The van der Waals surface area contributed by atoms with Crippen LogP contribution in [-0.2, 0) is 14.3 Å². The molecule has 0 saturated carbocycles. The number of hydrogen-bond donors (Lipinski definition) is 2. The number of morpholine rings is 1. The van der Waals surface area contributed by atoms with E-state index in [1.807, 2.05) is 18.2 Å². The molecule has 1 aromatic rings. The first-order chi connectivity index (χ1) is 9.11. The van der Waals surface area contributed by atoms with Crippen LogP contribution in [0.3, 0.4) is 0 Å². The van der Waals surface area contributed by atoms with Crippen LogP contribution in [0.15, 0.2) is 30.3 Å². The molecule has 0 bridgehead atoms. The number of rotatable bonds is 3. The Labute approximate surface area is 111 Å². The first kappa shape index (κ1) is 13.5. The summed E-state index contributed by atoms with van der Waals surface area (Å²) in [5.41, 5.74) is 11.9. The van der Waals surface area contributed by atoms with Crippen molar-refractivity contribution in [1.82, 2.24) is 4.90 Å². The van der Waals surface area contributed by atoms with Crippen molar-refractivity contribution in [2.24, 2.45) is 11.5 Å². The summed E-state index contributed by atoms with van der Waals surface area (Å²) in [4.78, 5) is 25.1. The Bertz CT molecular complexity index is 463. The molecule has 2 atom stereocenters. The van der Waals surface area contributed by atoms with E-state index >= 15 is 0 Å². The Morgan fingerprint density at radius 2 is 2.00 bits per heavy atom. The number of carbonyl (C=O) groups excluding carboxylic acids is 2. The zero-order valence-electron chi connectivity index (χ0n) is 10.5. The van der Waals surface area contributed by atoms with E-state index in [1.165, 1.54) is 4.90 Å². The van der Waals surface area contributed by atoms with Crippen LogP contribution >= 0.6 is 0 Å². The lowest BCUT2D eigenvalue weighted by atomic mass is 10.1. The molecule has 0 aromatic heterocycles. The maximum atomic E-state index is 12.4. The summed E-state index contributed by atoms with van der Waals surface area (Å²) in [6.45, 7) is 0.840. The van der Waals surface area contributed by atoms with Crippen molar-refractivity contribution in [3.8, 4) is 0 Å². The third kappa shape index (κ3) is 2.91. The number of primary amides is 1. The van der Waals surface area contributed by atoms with Crippen molar-refractivity contribution >= 4 is 11.8 Å². The molecule has 1 aliphatic heterocycles. The summed E-state index contributed by atoms with van der Waals surface area (Å²) in [6, 6.07) is 7.50. The number of ether oxygens (including phenoxy) is 1. The molecule has 1 aromatic carbocycles. The fourth-order valence-electron chi connectivity index (χ4n) is 2.08. The molecule has 0 radical (unpaired) electrons. The summed E-state index contributed by atoms with van der Waals surface area (Å²) in [6.07, 6.45) is 0. The molecule has 4 N–H and O–H groups in total. The Hall–Kier alpha value is -1.92. The molecule has 1 fully saturated rings. The second-order valence-corrected chi connectivity index (χ2v) is 4.41. The molecule has 2 rings (SSSR count). The maximum absolute atomic E-state index is 12.4. The number of carbonyl (C=O) groups is 2. The fourth-order valence-corrected chi connectivity index (χ4v) is 2.08. The highest BCUT2D eigenvalue weighted by Gasteiger charge is 2.34. The Morgan fingerprint density at radius 1 is 1.32 bits per heavy atom. The van der Waals surface area contributed by atoms with Crippen molar-refractivity contribution in [3.63, 3.8) is 0 Å². The highest BCUT2D eigenvalue weighted by molar-refractivity contribution is 5.89. The van der Waals surface area contributed by atoms with Crippen molar-refractivity contribution in [1.29, 1.82) is 0 Å². The monoisotopic (exact) mass is 263 g/mol. The minimum atomic E-state index is -0.791. The Kier molecular flexibility index (Phi) is 4.13. The van der Waals surface area contributed by atoms with E-state index in [2.05, 4.69) is 0 Å². The van der Waals surface area contributed by atoms with Gasteiger partial charge in [0.2, 0.25) is 11.8 Å². The van der Waals surface area contributed by atoms with Gasteiger partial charge in [0.25, 0.3) is 0 Å². The number of benzene rings is 1. The summed E-state index contributed by atoms with van der Waals surface area (Å²) < 4.78 is 5.17. The van der Waals surface area contributed by atoms with Gasteiger partial charge in [0.15, 0.2) is 0 Å². The van der Waals surface area contributed by atoms with E-state index in [1.54, 1.807) is 12.1 Å². The van der Waals surface area contributed by atoms with E-state index in [4.69, 9.17) is 16.2 Å². The smallest absolute Gasteiger partial charge is 0.244 e. The highest BCUT2D eigenvalue weighted by atomic mass is 16.5. The molecular weight excluding hydrogens is 246 g/mol. The van der Waals surface area contributed by atoms with Crippen molar-refractivity contribution in [3.05, 3.63) is 35.9 Å². The minimum Gasteiger partial charge on any atom is -0.377 e. The average Bonchev–Trinajstić information content (AvgIpc) is 2.46. The third-order valence-corrected chi connectivity index (χ3v) is 3.16. The molecule has 6 nitrogen and oxygen atoms in total. The first-order valence-corrected chi connectivity index (χ1v) is 6.09. The predicted molar refractivity (Wildman–Crippen MR) is 68.9 cm³/mol. The Morgan fingerprint density at radius 3 is 2.63 bits per heavy atom. The molecule has 19 heavy (non-hydrogen) atoms. The van der Waals surface area contributed by atoms with Gasteiger partial charge in [-0.05, 0) is 5.56 Å². The summed E-state index contributed by atoms with van der Waals surface area (Å²) in [7, 11) is 0. The standard InChI is InChI=1S/C13H17N3O3/c14-11(9-4-2-1-3-5-9)13(18)16-6-7-19-8-10(16)12(15)17/h1-5,10-11H,6-8,14H2,(H2,15,17). The lowest BCUT2D eigenvalue weighted by Crippen LogP contribution is -2.56. The number of nitrogens with zero attached hydrogens (tertiary/aromatic N) is 1. The van der Waals surface area contributed by atoms with E-state index in [0.29, 0.717) is 18.7 Å². The molecule has 102 valence electrons. The highest BCUT2D eigenvalue weighted by Crippen LogP contribution is 2.16. The quantitative estimate of drug-likeness (QED) is 0.760. The van der Waals surface area contributed by atoms with Gasteiger partial charge in [-0.2, -0.15) is 0 Å². The van der Waals surface area contributed by atoms with Crippen LogP contribution in [0.2, 0.25) is 0 Å². The van der Waals surface area contributed by atoms with Gasteiger partial charge in [0, 0.05) is 6.54 Å². The molecule has 2 unspecified atom stereocenters. The van der Waals surface area contributed by atoms with Gasteiger partial charge in [-0.15, -0.1) is 0 Å². The van der Waals surface area contributed by atoms with Crippen molar-refractivity contribution in [2.45, 2.75) is 12.1 Å². The van der Waals surface area contributed by atoms with E-state index < -0.39 is 18.0 Å². The zero-order valence-corrected chi connectivity index (χ0v) is 10.5. The van der Waals surface area contributed by atoms with Gasteiger partial charge >= 0.3 is 0 Å². The number of amides is 2. The van der Waals surface area contributed by atoms with E-state index in [9.17, 15) is 9.59 Å². The normalized spacial score (nSPS) is 20.9. The summed E-state index contributed by atoms with van der Waals surface area (Å²) in [5, 5.41) is 0. The van der Waals surface area contributed by atoms with Crippen LogP contribution < -0.4 is 11.5 Å². The maximum Gasteiger partial charge on any atom is 0.244 e.